The topological polar surface area (TPSA) is 84.7 Å². The van der Waals surface area contributed by atoms with Crippen molar-refractivity contribution in [3.8, 4) is 5.75 Å². The Morgan fingerprint density at radius 1 is 1.15 bits per heavy atom. The molecule has 1 heterocycles. The van der Waals surface area contributed by atoms with E-state index in [4.69, 9.17) is 4.74 Å². The lowest BCUT2D eigenvalue weighted by atomic mass is 10.0. The normalized spacial score (nSPS) is 13.3. The zero-order chi connectivity index (χ0) is 18.7. The number of hydrogen-bond acceptors (Lipinski definition) is 5. The van der Waals surface area contributed by atoms with Crippen molar-refractivity contribution in [2.24, 2.45) is 0 Å². The number of nitrogens with zero attached hydrogens (tertiary/aromatic N) is 2. The number of carbonyl (C=O) groups is 1. The second kappa shape index (κ2) is 7.43. The van der Waals surface area contributed by atoms with E-state index in [0.717, 1.165) is 16.9 Å². The Balaban J connectivity index is 1.87. The fraction of sp³-hybridized carbons (Fsp3) is 0.316. The molecular formula is C19H21N3O4. The van der Waals surface area contributed by atoms with Gasteiger partial charge in [0.2, 0.25) is 5.91 Å². The van der Waals surface area contributed by atoms with Crippen LogP contribution < -0.4 is 15.0 Å². The molecule has 7 heteroatoms. The Labute approximate surface area is 151 Å². The number of rotatable bonds is 6. The largest absolute Gasteiger partial charge is 0.487 e. The van der Waals surface area contributed by atoms with Gasteiger partial charge < -0.3 is 15.0 Å². The molecule has 2 aromatic carbocycles. The van der Waals surface area contributed by atoms with Crippen LogP contribution in [-0.4, -0.2) is 24.0 Å². The predicted octanol–water partition coefficient (Wildman–Crippen LogP) is 4.04. The Morgan fingerprint density at radius 2 is 1.88 bits per heavy atom. The lowest BCUT2D eigenvalue weighted by Crippen LogP contribution is -2.34. The Kier molecular flexibility index (Phi) is 5.06. The van der Waals surface area contributed by atoms with Crippen LogP contribution in [-0.2, 0) is 11.2 Å². The van der Waals surface area contributed by atoms with Gasteiger partial charge in [0.25, 0.3) is 0 Å². The van der Waals surface area contributed by atoms with Gasteiger partial charge in [-0.1, -0.05) is 0 Å². The molecule has 0 spiro atoms. The van der Waals surface area contributed by atoms with Crippen LogP contribution in [0.15, 0.2) is 36.4 Å². The number of ether oxygens (including phenoxy) is 1. The first-order valence-electron chi connectivity index (χ1n) is 8.65. The van der Waals surface area contributed by atoms with Crippen LogP contribution in [0.25, 0.3) is 0 Å². The van der Waals surface area contributed by atoms with Crippen molar-refractivity contribution >= 4 is 28.7 Å². The van der Waals surface area contributed by atoms with Crippen molar-refractivity contribution in [1.29, 1.82) is 0 Å². The number of fused-ring (bicyclic) bond motifs is 1. The van der Waals surface area contributed by atoms with Gasteiger partial charge in [-0.15, -0.1) is 0 Å². The van der Waals surface area contributed by atoms with Crippen LogP contribution in [0.5, 0.6) is 5.75 Å². The lowest BCUT2D eigenvalue weighted by Gasteiger charge is -2.28. The van der Waals surface area contributed by atoms with Gasteiger partial charge in [0, 0.05) is 42.2 Å². The van der Waals surface area contributed by atoms with Crippen LogP contribution in [0.3, 0.4) is 0 Å². The van der Waals surface area contributed by atoms with E-state index in [1.54, 1.807) is 24.0 Å². The highest BCUT2D eigenvalue weighted by Crippen LogP contribution is 2.34. The summed E-state index contributed by atoms with van der Waals surface area (Å²) >= 11 is 0. The van der Waals surface area contributed by atoms with E-state index < -0.39 is 4.92 Å². The highest BCUT2D eigenvalue weighted by atomic mass is 16.6. The minimum absolute atomic E-state index is 0.0556. The van der Waals surface area contributed by atoms with Crippen molar-refractivity contribution < 1.29 is 14.5 Å². The first kappa shape index (κ1) is 17.7. The number of hydrogen-bond donors (Lipinski definition) is 1. The molecule has 0 saturated carbocycles. The summed E-state index contributed by atoms with van der Waals surface area (Å²) in [5.74, 6) is 0.389. The second-order valence-electron chi connectivity index (χ2n) is 5.98. The van der Waals surface area contributed by atoms with Crippen molar-refractivity contribution in [1.82, 2.24) is 0 Å². The van der Waals surface area contributed by atoms with Gasteiger partial charge in [-0.3, -0.25) is 14.9 Å². The summed E-state index contributed by atoms with van der Waals surface area (Å²) in [6.07, 6.45) is 1.22. The number of nitro benzene ring substituents is 1. The van der Waals surface area contributed by atoms with E-state index in [9.17, 15) is 14.9 Å². The first-order valence-corrected chi connectivity index (χ1v) is 8.65. The molecule has 3 rings (SSSR count). The number of anilines is 3. The third-order valence-electron chi connectivity index (χ3n) is 4.34. The number of nitrogens with one attached hydrogen (secondary N) is 1. The highest BCUT2D eigenvalue weighted by molar-refractivity contribution is 5.96. The highest BCUT2D eigenvalue weighted by Gasteiger charge is 2.23. The van der Waals surface area contributed by atoms with E-state index in [0.29, 0.717) is 31.7 Å². The predicted molar refractivity (Wildman–Crippen MR) is 100 cm³/mol. The third kappa shape index (κ3) is 3.46. The molecule has 26 heavy (non-hydrogen) atoms. The lowest BCUT2D eigenvalue weighted by molar-refractivity contribution is -0.385. The summed E-state index contributed by atoms with van der Waals surface area (Å²) in [4.78, 5) is 24.4. The summed E-state index contributed by atoms with van der Waals surface area (Å²) in [6, 6.07) is 10.6. The van der Waals surface area contributed by atoms with Crippen molar-refractivity contribution in [3.05, 3.63) is 52.1 Å². The zero-order valence-corrected chi connectivity index (χ0v) is 14.8. The van der Waals surface area contributed by atoms with Gasteiger partial charge in [0.05, 0.1) is 11.5 Å². The SMILES string of the molecule is CCOc1cc(Nc2ccc3c(c2)CCC(=O)N3CC)ccc1[N+](=O)[O-]. The number of benzene rings is 2. The maximum Gasteiger partial charge on any atom is 0.311 e. The van der Waals surface area contributed by atoms with E-state index in [1.807, 2.05) is 25.1 Å². The summed E-state index contributed by atoms with van der Waals surface area (Å²) in [5, 5.41) is 14.3. The monoisotopic (exact) mass is 355 g/mol. The number of amides is 1. The van der Waals surface area contributed by atoms with Crippen LogP contribution in [0.2, 0.25) is 0 Å². The van der Waals surface area contributed by atoms with E-state index in [1.165, 1.54) is 6.07 Å². The van der Waals surface area contributed by atoms with E-state index in [2.05, 4.69) is 5.32 Å². The average molecular weight is 355 g/mol. The second-order valence-corrected chi connectivity index (χ2v) is 5.98. The summed E-state index contributed by atoms with van der Waals surface area (Å²) in [6.45, 7) is 4.75. The van der Waals surface area contributed by atoms with Crippen molar-refractivity contribution in [3.63, 3.8) is 0 Å². The molecule has 0 saturated heterocycles. The zero-order valence-electron chi connectivity index (χ0n) is 14.8. The number of carbonyl (C=O) groups excluding carboxylic acids is 1. The maximum absolute atomic E-state index is 12.0. The summed E-state index contributed by atoms with van der Waals surface area (Å²) in [7, 11) is 0. The minimum atomic E-state index is -0.454. The quantitative estimate of drug-likeness (QED) is 0.624. The standard InChI is InChI=1S/C19H21N3O4/c1-3-21-16-8-6-14(11-13(16)5-10-19(21)23)20-15-7-9-17(22(24)25)18(12-15)26-4-2/h6-9,11-12,20H,3-5,10H2,1-2H3. The molecule has 1 aliphatic rings. The Bertz CT molecular complexity index is 851. The molecule has 1 amide bonds. The van der Waals surface area contributed by atoms with Gasteiger partial charge in [-0.2, -0.15) is 0 Å². The molecule has 2 aromatic rings. The minimum Gasteiger partial charge on any atom is -0.487 e. The molecule has 0 aromatic heterocycles. The van der Waals surface area contributed by atoms with Crippen molar-refractivity contribution in [2.75, 3.05) is 23.4 Å². The molecule has 0 unspecified atom stereocenters. The molecule has 7 nitrogen and oxygen atoms in total. The molecule has 1 N–H and O–H groups in total. The van der Waals surface area contributed by atoms with Gasteiger partial charge in [-0.25, -0.2) is 0 Å². The van der Waals surface area contributed by atoms with E-state index >= 15 is 0 Å². The van der Waals surface area contributed by atoms with Crippen LogP contribution >= 0.6 is 0 Å². The number of aryl methyl sites for hydroxylation is 1. The molecule has 0 bridgehead atoms. The maximum atomic E-state index is 12.0. The Morgan fingerprint density at radius 3 is 2.58 bits per heavy atom. The molecule has 0 aliphatic carbocycles. The van der Waals surface area contributed by atoms with Crippen LogP contribution in [0, 0.1) is 10.1 Å². The van der Waals surface area contributed by atoms with Crippen LogP contribution in [0.1, 0.15) is 25.8 Å². The van der Waals surface area contributed by atoms with Crippen LogP contribution in [0.4, 0.5) is 22.7 Å². The molecule has 0 atom stereocenters. The van der Waals surface area contributed by atoms with Crippen molar-refractivity contribution in [2.45, 2.75) is 26.7 Å². The number of nitro groups is 1. The van der Waals surface area contributed by atoms with E-state index in [-0.39, 0.29) is 17.3 Å². The summed E-state index contributed by atoms with van der Waals surface area (Å²) in [5.41, 5.74) is 3.58. The molecule has 0 fully saturated rings. The first-order chi connectivity index (χ1) is 12.5. The fourth-order valence-electron chi connectivity index (χ4n) is 3.16. The third-order valence-corrected chi connectivity index (χ3v) is 4.34. The average Bonchev–Trinajstić information content (AvgIpc) is 2.62. The van der Waals surface area contributed by atoms with Gasteiger partial charge in [0.1, 0.15) is 0 Å². The smallest absolute Gasteiger partial charge is 0.311 e. The molecule has 0 radical (unpaired) electrons. The molecular weight excluding hydrogens is 334 g/mol. The Hall–Kier alpha value is -3.09. The fourth-order valence-corrected chi connectivity index (χ4v) is 3.16. The molecule has 1 aliphatic heterocycles. The van der Waals surface area contributed by atoms with Gasteiger partial charge in [0.15, 0.2) is 5.75 Å². The summed E-state index contributed by atoms with van der Waals surface area (Å²) < 4.78 is 5.38. The molecule has 136 valence electrons. The van der Waals surface area contributed by atoms with Gasteiger partial charge >= 0.3 is 5.69 Å². The van der Waals surface area contributed by atoms with Gasteiger partial charge in [-0.05, 0) is 50.1 Å².